The zero-order valence-corrected chi connectivity index (χ0v) is 17.0. The minimum absolute atomic E-state index is 0.0696. The van der Waals surface area contributed by atoms with Gasteiger partial charge in [-0.15, -0.1) is 0 Å². The first-order valence-electron chi connectivity index (χ1n) is 10.3. The number of hydrogen-bond donors (Lipinski definition) is 1. The van der Waals surface area contributed by atoms with Crippen LogP contribution in [0.25, 0.3) is 0 Å². The van der Waals surface area contributed by atoms with Gasteiger partial charge in [-0.2, -0.15) is 0 Å². The highest BCUT2D eigenvalue weighted by Crippen LogP contribution is 2.20. The molecule has 1 N–H and O–H groups in total. The van der Waals surface area contributed by atoms with E-state index in [4.69, 9.17) is 0 Å². The fourth-order valence-electron chi connectivity index (χ4n) is 3.76. The van der Waals surface area contributed by atoms with Crippen LogP contribution in [0.4, 0.5) is 4.39 Å². The molecule has 3 nitrogen and oxygen atoms in total. The summed E-state index contributed by atoms with van der Waals surface area (Å²) in [5.41, 5.74) is 3.33. The molecule has 4 heteroatoms. The molecule has 3 rings (SSSR count). The highest BCUT2D eigenvalue weighted by Gasteiger charge is 2.25. The number of piperidine rings is 1. The van der Waals surface area contributed by atoms with Crippen molar-refractivity contribution in [2.45, 2.75) is 45.6 Å². The van der Waals surface area contributed by atoms with Gasteiger partial charge in [0.05, 0.1) is 0 Å². The van der Waals surface area contributed by atoms with Crippen LogP contribution in [0.3, 0.4) is 0 Å². The quantitative estimate of drug-likeness (QED) is 0.764. The monoisotopic (exact) mass is 382 g/mol. The molecule has 0 bridgehead atoms. The Kier molecular flexibility index (Phi) is 7.21. The van der Waals surface area contributed by atoms with Crippen LogP contribution >= 0.6 is 0 Å². The van der Waals surface area contributed by atoms with E-state index in [2.05, 4.69) is 48.3 Å². The molecular weight excluding hydrogens is 351 g/mol. The van der Waals surface area contributed by atoms with E-state index >= 15 is 0 Å². The van der Waals surface area contributed by atoms with Crippen LogP contribution in [0.1, 0.15) is 49.3 Å². The fourth-order valence-corrected chi connectivity index (χ4v) is 3.76. The van der Waals surface area contributed by atoms with Gasteiger partial charge in [0.1, 0.15) is 5.82 Å². The summed E-state index contributed by atoms with van der Waals surface area (Å²) in [7, 11) is 0. The Hall–Kier alpha value is -2.20. The first-order chi connectivity index (χ1) is 13.5. The second-order valence-corrected chi connectivity index (χ2v) is 8.08. The Balaban J connectivity index is 1.38. The molecule has 2 aromatic rings. The Bertz CT molecular complexity index is 764. The molecule has 1 heterocycles. The van der Waals surface area contributed by atoms with Crippen LogP contribution in [-0.2, 0) is 17.8 Å². The highest BCUT2D eigenvalue weighted by atomic mass is 19.1. The molecule has 0 aromatic heterocycles. The molecule has 1 saturated heterocycles. The summed E-state index contributed by atoms with van der Waals surface area (Å²) in [5.74, 6) is 0.617. The van der Waals surface area contributed by atoms with Gasteiger partial charge in [0.25, 0.3) is 0 Å². The second-order valence-electron chi connectivity index (χ2n) is 8.08. The predicted molar refractivity (Wildman–Crippen MR) is 112 cm³/mol. The minimum atomic E-state index is -0.149. The number of halogens is 1. The van der Waals surface area contributed by atoms with E-state index in [1.54, 1.807) is 6.07 Å². The smallest absolute Gasteiger partial charge is 0.223 e. The van der Waals surface area contributed by atoms with E-state index in [-0.39, 0.29) is 17.6 Å². The molecule has 1 amide bonds. The number of rotatable bonds is 7. The lowest BCUT2D eigenvalue weighted by Gasteiger charge is -2.31. The summed E-state index contributed by atoms with van der Waals surface area (Å²) in [6, 6.07) is 15.6. The van der Waals surface area contributed by atoms with Crippen LogP contribution in [0, 0.1) is 11.7 Å². The topological polar surface area (TPSA) is 32.3 Å². The molecule has 0 unspecified atom stereocenters. The van der Waals surface area contributed by atoms with Gasteiger partial charge in [0.2, 0.25) is 5.91 Å². The summed E-state index contributed by atoms with van der Waals surface area (Å²) in [4.78, 5) is 14.7. The Labute approximate surface area is 167 Å². The summed E-state index contributed by atoms with van der Waals surface area (Å²) in [5, 5.41) is 3.09. The van der Waals surface area contributed by atoms with Crippen LogP contribution in [0.15, 0.2) is 48.5 Å². The highest BCUT2D eigenvalue weighted by molar-refractivity contribution is 5.78. The summed E-state index contributed by atoms with van der Waals surface area (Å²) < 4.78 is 13.8. The number of carbonyl (C=O) groups is 1. The van der Waals surface area contributed by atoms with Crippen molar-refractivity contribution in [1.29, 1.82) is 0 Å². The first-order valence-corrected chi connectivity index (χ1v) is 10.3. The number of benzene rings is 2. The van der Waals surface area contributed by atoms with Crippen molar-refractivity contribution in [2.24, 2.45) is 5.92 Å². The van der Waals surface area contributed by atoms with Crippen molar-refractivity contribution in [2.75, 3.05) is 19.6 Å². The average molecular weight is 383 g/mol. The molecule has 0 saturated carbocycles. The van der Waals surface area contributed by atoms with E-state index in [1.165, 1.54) is 17.2 Å². The van der Waals surface area contributed by atoms with Crippen LogP contribution in [-0.4, -0.2) is 30.4 Å². The van der Waals surface area contributed by atoms with Crippen LogP contribution in [0.5, 0.6) is 0 Å². The largest absolute Gasteiger partial charge is 0.356 e. The number of hydrogen-bond acceptors (Lipinski definition) is 2. The van der Waals surface area contributed by atoms with Crippen molar-refractivity contribution in [1.82, 2.24) is 10.2 Å². The van der Waals surface area contributed by atoms with Gasteiger partial charge in [-0.25, -0.2) is 4.39 Å². The van der Waals surface area contributed by atoms with Gasteiger partial charge in [-0.1, -0.05) is 56.3 Å². The van der Waals surface area contributed by atoms with Crippen molar-refractivity contribution >= 4 is 5.91 Å². The van der Waals surface area contributed by atoms with E-state index in [1.807, 2.05) is 12.1 Å². The number of nitrogens with zero attached hydrogens (tertiary/aromatic N) is 1. The third-order valence-electron chi connectivity index (χ3n) is 5.67. The van der Waals surface area contributed by atoms with Crippen LogP contribution in [0.2, 0.25) is 0 Å². The van der Waals surface area contributed by atoms with Gasteiger partial charge in [0.15, 0.2) is 0 Å². The molecule has 1 fully saturated rings. The van der Waals surface area contributed by atoms with E-state index in [0.717, 1.165) is 37.9 Å². The molecular formula is C24H31FN2O. The molecule has 0 spiro atoms. The standard InChI is InChI=1S/C24H31FN2O/c1-18(2)20-9-7-19(8-10-20)11-14-26-24(28)21-12-15-27(16-13-21)17-22-5-3-4-6-23(22)25/h3-10,18,21H,11-17H2,1-2H3,(H,26,28). The Morgan fingerprint density at radius 3 is 2.43 bits per heavy atom. The number of amides is 1. The maximum atomic E-state index is 13.8. The third-order valence-corrected chi connectivity index (χ3v) is 5.67. The molecule has 1 aliphatic rings. The lowest BCUT2D eigenvalue weighted by molar-refractivity contribution is -0.126. The molecule has 28 heavy (non-hydrogen) atoms. The molecule has 1 aliphatic heterocycles. The van der Waals surface area contributed by atoms with Crippen molar-refractivity contribution in [3.63, 3.8) is 0 Å². The third kappa shape index (κ3) is 5.65. The molecule has 150 valence electrons. The van der Waals surface area contributed by atoms with Crippen molar-refractivity contribution < 1.29 is 9.18 Å². The summed E-state index contributed by atoms with van der Waals surface area (Å²) in [6.07, 6.45) is 2.53. The Morgan fingerprint density at radius 1 is 1.11 bits per heavy atom. The van der Waals surface area contributed by atoms with Gasteiger partial charge in [-0.3, -0.25) is 9.69 Å². The van der Waals surface area contributed by atoms with Crippen molar-refractivity contribution in [3.05, 3.63) is 71.0 Å². The SMILES string of the molecule is CC(C)c1ccc(CCNC(=O)C2CCN(Cc3ccccc3F)CC2)cc1. The number of carbonyl (C=O) groups excluding carboxylic acids is 1. The zero-order valence-electron chi connectivity index (χ0n) is 17.0. The van der Waals surface area contributed by atoms with Gasteiger partial charge >= 0.3 is 0 Å². The van der Waals surface area contributed by atoms with E-state index in [0.29, 0.717) is 19.0 Å². The van der Waals surface area contributed by atoms with E-state index < -0.39 is 0 Å². The lowest BCUT2D eigenvalue weighted by atomic mass is 9.95. The van der Waals surface area contributed by atoms with Crippen molar-refractivity contribution in [3.8, 4) is 0 Å². The average Bonchev–Trinajstić information content (AvgIpc) is 2.70. The number of likely N-dealkylation sites (tertiary alicyclic amines) is 1. The zero-order chi connectivity index (χ0) is 19.9. The minimum Gasteiger partial charge on any atom is -0.356 e. The molecule has 0 radical (unpaired) electrons. The first kappa shape index (κ1) is 20.5. The van der Waals surface area contributed by atoms with Gasteiger partial charge in [0, 0.05) is 24.6 Å². The summed E-state index contributed by atoms with van der Waals surface area (Å²) in [6.45, 7) is 7.35. The predicted octanol–water partition coefficient (Wildman–Crippen LogP) is 4.52. The second kappa shape index (κ2) is 9.83. The molecule has 0 aliphatic carbocycles. The molecule has 2 aromatic carbocycles. The molecule has 0 atom stereocenters. The van der Waals surface area contributed by atoms with Gasteiger partial charge < -0.3 is 5.32 Å². The lowest BCUT2D eigenvalue weighted by Crippen LogP contribution is -2.40. The Morgan fingerprint density at radius 2 is 1.79 bits per heavy atom. The fraction of sp³-hybridized carbons (Fsp3) is 0.458. The van der Waals surface area contributed by atoms with Crippen LogP contribution < -0.4 is 5.32 Å². The van der Waals surface area contributed by atoms with Gasteiger partial charge in [-0.05, 0) is 55.5 Å². The van der Waals surface area contributed by atoms with E-state index in [9.17, 15) is 9.18 Å². The summed E-state index contributed by atoms with van der Waals surface area (Å²) >= 11 is 0. The number of nitrogens with one attached hydrogen (secondary N) is 1. The maximum Gasteiger partial charge on any atom is 0.223 e. The maximum absolute atomic E-state index is 13.8. The normalized spacial score (nSPS) is 15.7.